The molecular formula is C22H25ClFLiN2OS2. The zero-order valence-electron chi connectivity index (χ0n) is 17.6. The van der Waals surface area contributed by atoms with Crippen molar-refractivity contribution < 1.29 is 28.4 Å². The van der Waals surface area contributed by atoms with Gasteiger partial charge in [0.15, 0.2) is 5.16 Å². The van der Waals surface area contributed by atoms with E-state index in [1.54, 1.807) is 29.7 Å². The molecule has 0 atom stereocenters. The van der Waals surface area contributed by atoms with Gasteiger partial charge < -0.3 is 12.0 Å². The Balaban J connectivity index is 0.000000827. The zero-order chi connectivity index (χ0) is 21.2. The maximum Gasteiger partial charge on any atom is 1.00 e. The van der Waals surface area contributed by atoms with Crippen molar-refractivity contribution in [1.29, 1.82) is 0 Å². The number of unbranched alkanes of at least 4 members (excludes halogenated alkanes) is 1. The van der Waals surface area contributed by atoms with Crippen molar-refractivity contribution in [3.05, 3.63) is 70.3 Å². The van der Waals surface area contributed by atoms with Crippen molar-refractivity contribution >= 4 is 34.7 Å². The van der Waals surface area contributed by atoms with Gasteiger partial charge in [0.1, 0.15) is 11.5 Å². The Kier molecular flexibility index (Phi) is 12.9. The summed E-state index contributed by atoms with van der Waals surface area (Å²) in [6.07, 6.45) is 7.04. The Labute approximate surface area is 203 Å². The van der Waals surface area contributed by atoms with Crippen LogP contribution in [0.3, 0.4) is 0 Å². The van der Waals surface area contributed by atoms with Crippen LogP contribution in [0.5, 0.6) is 0 Å². The van der Waals surface area contributed by atoms with E-state index in [9.17, 15) is 9.50 Å². The molecule has 3 rings (SSSR count). The molecule has 8 heteroatoms. The molecule has 0 amide bonds. The molecule has 0 aliphatic heterocycles. The number of hydrogen-bond donors (Lipinski definition) is 1. The third-order valence-corrected chi connectivity index (χ3v) is 6.07. The molecule has 1 N–H and O–H groups in total. The summed E-state index contributed by atoms with van der Waals surface area (Å²) >= 11 is 9.34. The quantitative estimate of drug-likeness (QED) is 0.255. The summed E-state index contributed by atoms with van der Waals surface area (Å²) in [4.78, 5) is 10.8. The fourth-order valence-electron chi connectivity index (χ4n) is 2.47. The van der Waals surface area contributed by atoms with Crippen LogP contribution in [-0.4, -0.2) is 27.9 Å². The molecule has 30 heavy (non-hydrogen) atoms. The van der Waals surface area contributed by atoms with E-state index in [4.69, 9.17) is 11.6 Å². The summed E-state index contributed by atoms with van der Waals surface area (Å²) in [5.74, 6) is -0.247. The van der Waals surface area contributed by atoms with Gasteiger partial charge in [0.25, 0.3) is 0 Å². The fraction of sp³-hybridized carbons (Fsp3) is 0.318. The molecule has 156 valence electrons. The van der Waals surface area contributed by atoms with Crippen LogP contribution in [0.4, 0.5) is 4.39 Å². The topological polar surface area (TPSA) is 46.0 Å². The van der Waals surface area contributed by atoms with Gasteiger partial charge in [-0.3, -0.25) is 0 Å². The van der Waals surface area contributed by atoms with Crippen molar-refractivity contribution in [1.82, 2.24) is 9.97 Å². The Morgan fingerprint density at radius 1 is 1.27 bits per heavy atom. The number of aromatic nitrogens is 2. The first-order valence-corrected chi connectivity index (χ1v) is 11.8. The van der Waals surface area contributed by atoms with Crippen LogP contribution in [0, 0.1) is 12.7 Å². The molecule has 1 aromatic carbocycles. The summed E-state index contributed by atoms with van der Waals surface area (Å²) in [7, 11) is 0. The molecule has 0 saturated carbocycles. The van der Waals surface area contributed by atoms with Crippen LogP contribution < -0.4 is 18.9 Å². The average molecular weight is 459 g/mol. The number of hydrogen-bond acceptors (Lipinski definition) is 5. The second kappa shape index (κ2) is 14.2. The van der Waals surface area contributed by atoms with E-state index in [2.05, 4.69) is 23.8 Å². The summed E-state index contributed by atoms with van der Waals surface area (Å²) in [6, 6.07) is 8.50. The van der Waals surface area contributed by atoms with Crippen LogP contribution >= 0.6 is 34.7 Å². The van der Waals surface area contributed by atoms with Gasteiger partial charge in [-0.1, -0.05) is 48.8 Å². The Morgan fingerprint density at radius 2 is 1.93 bits per heavy atom. The molecule has 0 bridgehead atoms. The number of halogens is 2. The normalized spacial score (nSPS) is 10.2. The fourth-order valence-corrected chi connectivity index (χ4v) is 4.31. The predicted octanol–water partition coefficient (Wildman–Crippen LogP) is 3.47. The van der Waals surface area contributed by atoms with Gasteiger partial charge in [0.05, 0.1) is 16.1 Å². The molecule has 0 unspecified atom stereocenters. The number of aliphatic hydroxyl groups excluding tert-OH is 1. The molecule has 0 radical (unpaired) electrons. The Hall–Kier alpha value is -0.873. The number of aliphatic hydroxyl groups is 1. The maximum absolute atomic E-state index is 13.1. The maximum atomic E-state index is 13.1. The molecule has 0 spiro atoms. The van der Waals surface area contributed by atoms with E-state index >= 15 is 0 Å². The van der Waals surface area contributed by atoms with Gasteiger partial charge in [-0.25, -0.2) is 14.4 Å². The minimum absolute atomic E-state index is 0. The van der Waals surface area contributed by atoms with Crippen molar-refractivity contribution in [2.75, 3.05) is 12.9 Å². The Morgan fingerprint density at radius 3 is 2.50 bits per heavy atom. The molecular weight excluding hydrogens is 434 g/mol. The number of benzene rings is 1. The average Bonchev–Trinajstić information content (AvgIpc) is 3.12. The summed E-state index contributed by atoms with van der Waals surface area (Å²) in [6.45, 7) is 5.79. The van der Waals surface area contributed by atoms with Crippen LogP contribution in [0.25, 0.3) is 10.6 Å². The van der Waals surface area contributed by atoms with Gasteiger partial charge in [-0.05, 0) is 42.0 Å². The van der Waals surface area contributed by atoms with E-state index < -0.39 is 0 Å². The molecule has 3 aromatic rings. The SMILES string of the molecule is CSc1ncc(Cl)c(-c2cc(CCO)c(Cc3ccc(F)cc3)s2)n1.[CH2-]CCC.[Li+]. The van der Waals surface area contributed by atoms with Crippen molar-refractivity contribution in [3.8, 4) is 10.6 Å². The second-order valence-electron chi connectivity index (χ2n) is 6.24. The van der Waals surface area contributed by atoms with Crippen molar-refractivity contribution in [2.45, 2.75) is 37.8 Å². The summed E-state index contributed by atoms with van der Waals surface area (Å²) in [5.41, 5.74) is 2.79. The van der Waals surface area contributed by atoms with E-state index in [1.165, 1.54) is 30.3 Å². The Bertz CT molecular complexity index is 905. The van der Waals surface area contributed by atoms with Crippen LogP contribution in [0.2, 0.25) is 5.02 Å². The minimum atomic E-state index is -0.247. The van der Waals surface area contributed by atoms with Gasteiger partial charge in [0, 0.05) is 17.9 Å². The first kappa shape index (κ1) is 27.2. The standard InChI is InChI=1S/C18H16ClFN2OS2.C4H9.Li/c1-24-18-21-10-14(19)17(22-18)16-9-12(6-7-23)15(25-16)8-11-2-4-13(20)5-3-11;1-3-4-2;/h2-5,9-10,23H,6-8H2,1H3;1,3-4H2,2H3;/q;-1;+1. The first-order valence-electron chi connectivity index (χ1n) is 9.35. The van der Waals surface area contributed by atoms with Crippen LogP contribution in [-0.2, 0) is 12.8 Å². The molecule has 0 fully saturated rings. The molecule has 2 aromatic heterocycles. The largest absolute Gasteiger partial charge is 1.00 e. The zero-order valence-corrected chi connectivity index (χ0v) is 20.0. The van der Waals surface area contributed by atoms with Gasteiger partial charge in [-0.2, -0.15) is 6.42 Å². The number of nitrogens with zero attached hydrogens (tertiary/aromatic N) is 2. The van der Waals surface area contributed by atoms with Gasteiger partial charge >= 0.3 is 18.9 Å². The van der Waals surface area contributed by atoms with E-state index in [-0.39, 0.29) is 31.3 Å². The predicted molar refractivity (Wildman–Crippen MR) is 122 cm³/mol. The first-order chi connectivity index (χ1) is 14.0. The third-order valence-electron chi connectivity index (χ3n) is 4.05. The monoisotopic (exact) mass is 458 g/mol. The minimum Gasteiger partial charge on any atom is -0.396 e. The van der Waals surface area contributed by atoms with Crippen LogP contribution in [0.1, 0.15) is 35.8 Å². The van der Waals surface area contributed by atoms with E-state index in [0.717, 1.165) is 27.3 Å². The molecule has 2 heterocycles. The summed E-state index contributed by atoms with van der Waals surface area (Å²) in [5, 5.41) is 10.5. The number of thiophene rings is 1. The molecule has 0 aliphatic carbocycles. The van der Waals surface area contributed by atoms with Crippen molar-refractivity contribution in [2.24, 2.45) is 0 Å². The summed E-state index contributed by atoms with van der Waals surface area (Å²) < 4.78 is 13.1. The van der Waals surface area contributed by atoms with Gasteiger partial charge in [-0.15, -0.1) is 11.3 Å². The smallest absolute Gasteiger partial charge is 0.396 e. The molecule has 0 aliphatic rings. The molecule has 3 nitrogen and oxygen atoms in total. The number of rotatable bonds is 7. The molecule has 0 saturated heterocycles. The van der Waals surface area contributed by atoms with E-state index in [1.807, 2.05) is 12.3 Å². The third kappa shape index (κ3) is 7.99. The second-order valence-corrected chi connectivity index (χ2v) is 8.56. The van der Waals surface area contributed by atoms with Crippen LogP contribution in [0.15, 0.2) is 41.7 Å². The number of thioether (sulfide) groups is 1. The van der Waals surface area contributed by atoms with Crippen molar-refractivity contribution in [3.63, 3.8) is 0 Å². The van der Waals surface area contributed by atoms with E-state index in [0.29, 0.717) is 28.7 Å². The van der Waals surface area contributed by atoms with Gasteiger partial charge in [0.2, 0.25) is 0 Å².